The summed E-state index contributed by atoms with van der Waals surface area (Å²) < 4.78 is 0. The highest BCUT2D eigenvalue weighted by atomic mass is 16.6. The van der Waals surface area contributed by atoms with Crippen molar-refractivity contribution >= 4 is 17.5 Å². The zero-order valence-corrected chi connectivity index (χ0v) is 12.1. The van der Waals surface area contributed by atoms with E-state index in [-0.39, 0.29) is 11.5 Å². The Hall–Kier alpha value is -2.75. The smallest absolute Gasteiger partial charge is 0.269 e. The predicted octanol–water partition coefficient (Wildman–Crippen LogP) is 4.20. The second-order valence-electron chi connectivity index (χ2n) is 4.99. The summed E-state index contributed by atoms with van der Waals surface area (Å²) in [5.41, 5.74) is 2.06. The molecule has 0 atom stereocenters. The van der Waals surface area contributed by atoms with Crippen LogP contribution in [0.5, 0.6) is 0 Å². The van der Waals surface area contributed by atoms with Crippen LogP contribution in [0, 0.1) is 10.1 Å². The van der Waals surface area contributed by atoms with E-state index in [4.69, 9.17) is 0 Å². The fourth-order valence-corrected chi connectivity index (χ4v) is 2.09. The lowest BCUT2D eigenvalue weighted by Crippen LogP contribution is -1.94. The molecule has 0 saturated carbocycles. The Morgan fingerprint density at radius 2 is 1.73 bits per heavy atom. The van der Waals surface area contributed by atoms with Gasteiger partial charge in [-0.2, -0.15) is 0 Å². The summed E-state index contributed by atoms with van der Waals surface area (Å²) in [5.74, 6) is 0.0642. The molecular weight excluding hydrogens is 278 g/mol. The predicted molar refractivity (Wildman–Crippen MR) is 86.5 cm³/mol. The van der Waals surface area contributed by atoms with Crippen molar-refractivity contribution in [3.05, 3.63) is 81.9 Å². The number of nitro benzene ring substituents is 1. The molecule has 0 aliphatic carbocycles. The molecule has 112 valence electrons. The highest BCUT2D eigenvalue weighted by Gasteiger charge is 2.03. The van der Waals surface area contributed by atoms with Crippen molar-refractivity contribution in [1.29, 1.82) is 0 Å². The van der Waals surface area contributed by atoms with Crippen LogP contribution in [0.3, 0.4) is 0 Å². The highest BCUT2D eigenvalue weighted by Crippen LogP contribution is 2.13. The van der Waals surface area contributed by atoms with Gasteiger partial charge in [0.2, 0.25) is 0 Å². The van der Waals surface area contributed by atoms with Crippen molar-refractivity contribution in [2.45, 2.75) is 19.3 Å². The van der Waals surface area contributed by atoms with Gasteiger partial charge < -0.3 is 0 Å². The molecule has 0 bridgehead atoms. The van der Waals surface area contributed by atoms with Gasteiger partial charge in [-0.15, -0.1) is 0 Å². The van der Waals surface area contributed by atoms with Crippen LogP contribution in [0.4, 0.5) is 5.69 Å². The van der Waals surface area contributed by atoms with E-state index in [1.54, 1.807) is 18.2 Å². The molecule has 4 heteroatoms. The van der Waals surface area contributed by atoms with Gasteiger partial charge in [0.05, 0.1) is 4.92 Å². The molecule has 22 heavy (non-hydrogen) atoms. The Morgan fingerprint density at radius 3 is 2.36 bits per heavy atom. The van der Waals surface area contributed by atoms with Crippen molar-refractivity contribution < 1.29 is 9.72 Å². The third kappa shape index (κ3) is 4.98. The van der Waals surface area contributed by atoms with Crippen LogP contribution in [-0.2, 0) is 11.2 Å². The fourth-order valence-electron chi connectivity index (χ4n) is 2.09. The molecule has 2 aromatic rings. The third-order valence-electron chi connectivity index (χ3n) is 3.30. The Kier molecular flexibility index (Phi) is 5.60. The number of non-ortho nitro benzene ring substituents is 1. The number of rotatable bonds is 7. The Balaban J connectivity index is 1.80. The summed E-state index contributed by atoms with van der Waals surface area (Å²) in [6.45, 7) is 0. The molecular formula is C18H17NO3. The zero-order valence-electron chi connectivity index (χ0n) is 12.1. The van der Waals surface area contributed by atoms with Crippen LogP contribution in [0.15, 0.2) is 60.7 Å². The van der Waals surface area contributed by atoms with Crippen LogP contribution >= 0.6 is 0 Å². The first-order chi connectivity index (χ1) is 10.6. The summed E-state index contributed by atoms with van der Waals surface area (Å²) in [5, 5.41) is 10.5. The number of nitro groups is 1. The van der Waals surface area contributed by atoms with Crippen molar-refractivity contribution in [1.82, 2.24) is 0 Å². The van der Waals surface area contributed by atoms with Gasteiger partial charge in [0, 0.05) is 18.6 Å². The lowest BCUT2D eigenvalue weighted by Gasteiger charge is -1.99. The first-order valence-electron chi connectivity index (χ1n) is 7.14. The van der Waals surface area contributed by atoms with E-state index in [1.165, 1.54) is 23.8 Å². The van der Waals surface area contributed by atoms with Gasteiger partial charge in [-0.05, 0) is 42.2 Å². The van der Waals surface area contributed by atoms with Crippen molar-refractivity contribution in [3.63, 3.8) is 0 Å². The Morgan fingerprint density at radius 1 is 1.05 bits per heavy atom. The topological polar surface area (TPSA) is 60.2 Å². The van der Waals surface area contributed by atoms with Crippen LogP contribution in [0.1, 0.15) is 24.0 Å². The Labute approximate surface area is 129 Å². The summed E-state index contributed by atoms with van der Waals surface area (Å²) in [6.07, 6.45) is 5.42. The van der Waals surface area contributed by atoms with Gasteiger partial charge in [-0.25, -0.2) is 0 Å². The number of nitrogens with zero attached hydrogens (tertiary/aromatic N) is 1. The minimum atomic E-state index is -0.442. The van der Waals surface area contributed by atoms with E-state index >= 15 is 0 Å². The molecule has 0 N–H and O–H groups in total. The molecule has 0 radical (unpaired) electrons. The summed E-state index contributed by atoms with van der Waals surface area (Å²) in [6, 6.07) is 16.2. The first kappa shape index (κ1) is 15.6. The number of ketones is 1. The average Bonchev–Trinajstić information content (AvgIpc) is 2.54. The van der Waals surface area contributed by atoms with Gasteiger partial charge in [0.1, 0.15) is 0 Å². The van der Waals surface area contributed by atoms with Crippen LogP contribution in [0.25, 0.3) is 6.08 Å². The SMILES string of the molecule is O=C(/C=C\c1ccc([N+](=O)[O-])cc1)CCCc1ccccc1. The molecule has 0 heterocycles. The van der Waals surface area contributed by atoms with E-state index < -0.39 is 4.92 Å². The second kappa shape index (κ2) is 7.88. The number of benzene rings is 2. The maximum atomic E-state index is 11.8. The van der Waals surface area contributed by atoms with E-state index in [0.29, 0.717) is 6.42 Å². The van der Waals surface area contributed by atoms with Gasteiger partial charge in [-0.3, -0.25) is 14.9 Å². The second-order valence-corrected chi connectivity index (χ2v) is 4.99. The lowest BCUT2D eigenvalue weighted by atomic mass is 10.1. The number of aryl methyl sites for hydroxylation is 1. The molecule has 0 unspecified atom stereocenters. The van der Waals surface area contributed by atoms with Crippen LogP contribution in [-0.4, -0.2) is 10.7 Å². The third-order valence-corrected chi connectivity index (χ3v) is 3.30. The van der Waals surface area contributed by atoms with E-state index in [0.717, 1.165) is 18.4 Å². The molecule has 4 nitrogen and oxygen atoms in total. The maximum Gasteiger partial charge on any atom is 0.269 e. The van der Waals surface area contributed by atoms with Crippen LogP contribution < -0.4 is 0 Å². The van der Waals surface area contributed by atoms with Crippen LogP contribution in [0.2, 0.25) is 0 Å². The maximum absolute atomic E-state index is 11.8. The Bertz CT molecular complexity index is 660. The molecule has 2 rings (SSSR count). The standard InChI is InChI=1S/C18H17NO3/c20-18(8-4-7-15-5-2-1-3-6-15)14-11-16-9-12-17(13-10-16)19(21)22/h1-3,5-6,9-14H,4,7-8H2/b14-11-. The number of carbonyl (C=O) groups excluding carboxylic acids is 1. The van der Waals surface area contributed by atoms with Crippen molar-refractivity contribution in [2.24, 2.45) is 0 Å². The summed E-state index contributed by atoms with van der Waals surface area (Å²) in [7, 11) is 0. The molecule has 0 amide bonds. The van der Waals surface area contributed by atoms with Crippen molar-refractivity contribution in [3.8, 4) is 0 Å². The number of hydrogen-bond donors (Lipinski definition) is 0. The number of allylic oxidation sites excluding steroid dienone is 1. The minimum absolute atomic E-state index is 0.0475. The van der Waals surface area contributed by atoms with Crippen molar-refractivity contribution in [2.75, 3.05) is 0 Å². The fraction of sp³-hybridized carbons (Fsp3) is 0.167. The quantitative estimate of drug-likeness (QED) is 0.437. The van der Waals surface area contributed by atoms with Gasteiger partial charge in [0.25, 0.3) is 5.69 Å². The highest BCUT2D eigenvalue weighted by molar-refractivity contribution is 5.93. The number of hydrogen-bond acceptors (Lipinski definition) is 3. The lowest BCUT2D eigenvalue weighted by molar-refractivity contribution is -0.384. The molecule has 0 spiro atoms. The summed E-state index contributed by atoms with van der Waals surface area (Å²) in [4.78, 5) is 21.9. The number of carbonyl (C=O) groups is 1. The monoisotopic (exact) mass is 295 g/mol. The van der Waals surface area contributed by atoms with E-state index in [9.17, 15) is 14.9 Å². The molecule has 0 fully saturated rings. The van der Waals surface area contributed by atoms with Gasteiger partial charge >= 0.3 is 0 Å². The molecule has 0 aliphatic heterocycles. The molecule has 0 aliphatic rings. The van der Waals surface area contributed by atoms with Gasteiger partial charge in [-0.1, -0.05) is 36.4 Å². The molecule has 2 aromatic carbocycles. The average molecular weight is 295 g/mol. The summed E-state index contributed by atoms with van der Waals surface area (Å²) >= 11 is 0. The minimum Gasteiger partial charge on any atom is -0.295 e. The van der Waals surface area contributed by atoms with E-state index in [2.05, 4.69) is 12.1 Å². The van der Waals surface area contributed by atoms with E-state index in [1.807, 2.05) is 18.2 Å². The zero-order chi connectivity index (χ0) is 15.8. The largest absolute Gasteiger partial charge is 0.295 e. The van der Waals surface area contributed by atoms with Gasteiger partial charge in [0.15, 0.2) is 5.78 Å². The molecule has 0 aromatic heterocycles. The first-order valence-corrected chi connectivity index (χ1v) is 7.14. The normalized spacial score (nSPS) is 10.7. The molecule has 0 saturated heterocycles.